The first-order chi connectivity index (χ1) is 9.79. The predicted octanol–water partition coefficient (Wildman–Crippen LogP) is 4.06. The summed E-state index contributed by atoms with van der Waals surface area (Å²) in [5.74, 6) is 3.14. The number of nitrogens with one attached hydrogen (secondary N) is 1. The molecule has 1 aromatic carbocycles. The number of thioether (sulfide) groups is 1. The van der Waals surface area contributed by atoms with Gasteiger partial charge in [0.05, 0.1) is 10.9 Å². The minimum absolute atomic E-state index is 0.449. The van der Waals surface area contributed by atoms with Crippen LogP contribution in [0.3, 0.4) is 0 Å². The monoisotopic (exact) mass is 285 g/mol. The molecule has 0 saturated carbocycles. The van der Waals surface area contributed by atoms with Crippen molar-refractivity contribution >= 4 is 17.6 Å². The summed E-state index contributed by atoms with van der Waals surface area (Å²) in [6.07, 6.45) is 2.45. The fourth-order valence-corrected chi connectivity index (χ4v) is 3.79. The lowest BCUT2D eigenvalue weighted by Gasteiger charge is -2.15. The number of nitrogens with zero attached hydrogens (tertiary/aromatic N) is 2. The third-order valence-electron chi connectivity index (χ3n) is 3.66. The number of aromatic nitrogens is 2. The summed E-state index contributed by atoms with van der Waals surface area (Å²) in [7, 11) is 1.93. The van der Waals surface area contributed by atoms with E-state index in [-0.39, 0.29) is 0 Å². The van der Waals surface area contributed by atoms with Gasteiger partial charge in [0.15, 0.2) is 0 Å². The maximum absolute atomic E-state index is 4.86. The number of anilines is 1. The van der Waals surface area contributed by atoms with E-state index in [1.165, 1.54) is 18.6 Å². The molecule has 1 aliphatic rings. The van der Waals surface area contributed by atoms with Gasteiger partial charge in [-0.25, -0.2) is 9.97 Å². The Bertz CT molecular complexity index is 592. The van der Waals surface area contributed by atoms with Crippen LogP contribution < -0.4 is 5.32 Å². The number of hydrogen-bond donors (Lipinski definition) is 1. The molecule has 0 amide bonds. The van der Waals surface area contributed by atoms with Crippen molar-refractivity contribution in [1.82, 2.24) is 9.97 Å². The van der Waals surface area contributed by atoms with Gasteiger partial charge in [0, 0.05) is 18.2 Å². The molecule has 1 aromatic heterocycles. The molecule has 4 heteroatoms. The standard InChI is InChI=1S/C16H19N3S/c1-11-14(12-7-4-3-5-8-12)18-16(19-15(11)17-2)13-9-6-10-20-13/h3-5,7-8,13H,6,9-10H2,1-2H3,(H,17,18,19). The van der Waals surface area contributed by atoms with Crippen molar-refractivity contribution < 1.29 is 0 Å². The van der Waals surface area contributed by atoms with Crippen LogP contribution >= 0.6 is 11.8 Å². The average Bonchev–Trinajstić information content (AvgIpc) is 3.03. The summed E-state index contributed by atoms with van der Waals surface area (Å²) in [6, 6.07) is 10.4. The summed E-state index contributed by atoms with van der Waals surface area (Å²) in [5.41, 5.74) is 3.33. The largest absolute Gasteiger partial charge is 0.373 e. The van der Waals surface area contributed by atoms with Crippen LogP contribution in [0.4, 0.5) is 5.82 Å². The molecular formula is C16H19N3S. The lowest BCUT2D eigenvalue weighted by Crippen LogP contribution is -2.06. The molecule has 2 heterocycles. The third kappa shape index (κ3) is 2.52. The maximum Gasteiger partial charge on any atom is 0.144 e. The Morgan fingerprint density at radius 2 is 2.00 bits per heavy atom. The Morgan fingerprint density at radius 3 is 2.65 bits per heavy atom. The first kappa shape index (κ1) is 13.4. The van der Waals surface area contributed by atoms with Crippen LogP contribution in [-0.2, 0) is 0 Å². The van der Waals surface area contributed by atoms with Crippen molar-refractivity contribution in [3.8, 4) is 11.3 Å². The molecule has 3 nitrogen and oxygen atoms in total. The Kier molecular flexibility index (Phi) is 3.92. The molecule has 1 fully saturated rings. The molecule has 0 aliphatic carbocycles. The van der Waals surface area contributed by atoms with Crippen LogP contribution in [0.2, 0.25) is 0 Å². The number of hydrogen-bond acceptors (Lipinski definition) is 4. The van der Waals surface area contributed by atoms with E-state index in [1.807, 2.05) is 24.9 Å². The van der Waals surface area contributed by atoms with Gasteiger partial charge in [0.2, 0.25) is 0 Å². The van der Waals surface area contributed by atoms with Gasteiger partial charge in [-0.3, -0.25) is 0 Å². The first-order valence-corrected chi connectivity index (χ1v) is 8.08. The highest BCUT2D eigenvalue weighted by Crippen LogP contribution is 2.39. The highest BCUT2D eigenvalue weighted by Gasteiger charge is 2.23. The molecule has 1 atom stereocenters. The molecule has 1 saturated heterocycles. The fourth-order valence-electron chi connectivity index (χ4n) is 2.58. The van der Waals surface area contributed by atoms with Crippen LogP contribution in [-0.4, -0.2) is 22.8 Å². The van der Waals surface area contributed by atoms with Crippen molar-refractivity contribution in [3.63, 3.8) is 0 Å². The second kappa shape index (κ2) is 5.83. The summed E-state index contributed by atoms with van der Waals surface area (Å²) in [5, 5.41) is 3.66. The van der Waals surface area contributed by atoms with Gasteiger partial charge in [0.25, 0.3) is 0 Å². The first-order valence-electron chi connectivity index (χ1n) is 7.03. The van der Waals surface area contributed by atoms with E-state index in [2.05, 4.69) is 36.5 Å². The van der Waals surface area contributed by atoms with Gasteiger partial charge in [-0.05, 0) is 25.5 Å². The van der Waals surface area contributed by atoms with E-state index in [4.69, 9.17) is 9.97 Å². The van der Waals surface area contributed by atoms with Crippen LogP contribution in [0, 0.1) is 6.92 Å². The highest BCUT2D eigenvalue weighted by atomic mass is 32.2. The Labute approximate surface area is 124 Å². The van der Waals surface area contributed by atoms with Crippen LogP contribution in [0.25, 0.3) is 11.3 Å². The molecule has 20 heavy (non-hydrogen) atoms. The van der Waals surface area contributed by atoms with Crippen LogP contribution in [0.1, 0.15) is 29.5 Å². The average molecular weight is 285 g/mol. The molecule has 1 aliphatic heterocycles. The SMILES string of the molecule is CNc1nc(C2CCCS2)nc(-c2ccccc2)c1C. The number of benzene rings is 1. The lowest BCUT2D eigenvalue weighted by molar-refractivity contribution is 0.777. The summed E-state index contributed by atoms with van der Waals surface area (Å²) in [4.78, 5) is 9.58. The predicted molar refractivity (Wildman–Crippen MR) is 86.2 cm³/mol. The van der Waals surface area contributed by atoms with Gasteiger partial charge in [-0.15, -0.1) is 0 Å². The van der Waals surface area contributed by atoms with Gasteiger partial charge in [-0.1, -0.05) is 30.3 Å². The molecule has 0 spiro atoms. The summed E-state index contributed by atoms with van der Waals surface area (Å²) < 4.78 is 0. The second-order valence-corrected chi connectivity index (χ2v) is 6.33. The smallest absolute Gasteiger partial charge is 0.144 e. The van der Waals surface area contributed by atoms with Gasteiger partial charge >= 0.3 is 0 Å². The van der Waals surface area contributed by atoms with Crippen molar-refractivity contribution in [2.24, 2.45) is 0 Å². The molecule has 104 valence electrons. The van der Waals surface area contributed by atoms with E-state index >= 15 is 0 Å². The molecule has 0 bridgehead atoms. The molecular weight excluding hydrogens is 266 g/mol. The van der Waals surface area contributed by atoms with Gasteiger partial charge < -0.3 is 5.32 Å². The van der Waals surface area contributed by atoms with Crippen molar-refractivity contribution in [1.29, 1.82) is 0 Å². The second-order valence-electron chi connectivity index (χ2n) is 5.02. The van der Waals surface area contributed by atoms with Gasteiger partial charge in [0.1, 0.15) is 11.6 Å². The zero-order valence-corrected chi connectivity index (χ0v) is 12.7. The van der Waals surface area contributed by atoms with E-state index < -0.39 is 0 Å². The molecule has 0 radical (unpaired) electrons. The normalized spacial score (nSPS) is 18.2. The fraction of sp³-hybridized carbons (Fsp3) is 0.375. The van der Waals surface area contributed by atoms with Gasteiger partial charge in [-0.2, -0.15) is 11.8 Å². The van der Waals surface area contributed by atoms with E-state index in [0.717, 1.165) is 28.5 Å². The Balaban J connectivity index is 2.10. The zero-order valence-electron chi connectivity index (χ0n) is 11.9. The van der Waals surface area contributed by atoms with E-state index in [0.29, 0.717) is 5.25 Å². The zero-order chi connectivity index (χ0) is 13.9. The van der Waals surface area contributed by atoms with Crippen molar-refractivity contribution in [2.75, 3.05) is 18.1 Å². The van der Waals surface area contributed by atoms with E-state index in [9.17, 15) is 0 Å². The molecule has 1 N–H and O–H groups in total. The van der Waals surface area contributed by atoms with Crippen molar-refractivity contribution in [3.05, 3.63) is 41.7 Å². The maximum atomic E-state index is 4.86. The summed E-state index contributed by atoms with van der Waals surface area (Å²) in [6.45, 7) is 2.08. The third-order valence-corrected chi connectivity index (χ3v) is 5.04. The molecule has 1 unspecified atom stereocenters. The molecule has 3 rings (SSSR count). The molecule has 2 aromatic rings. The van der Waals surface area contributed by atoms with E-state index in [1.54, 1.807) is 0 Å². The summed E-state index contributed by atoms with van der Waals surface area (Å²) >= 11 is 1.97. The minimum Gasteiger partial charge on any atom is -0.373 e. The highest BCUT2D eigenvalue weighted by molar-refractivity contribution is 7.99. The quantitative estimate of drug-likeness (QED) is 0.922. The van der Waals surface area contributed by atoms with Crippen LogP contribution in [0.5, 0.6) is 0 Å². The Hall–Kier alpha value is -1.55. The number of rotatable bonds is 3. The van der Waals surface area contributed by atoms with Crippen LogP contribution in [0.15, 0.2) is 30.3 Å². The van der Waals surface area contributed by atoms with Crippen molar-refractivity contribution in [2.45, 2.75) is 25.0 Å². The lowest BCUT2D eigenvalue weighted by atomic mass is 10.1. The minimum atomic E-state index is 0.449. The Morgan fingerprint density at radius 1 is 1.20 bits per heavy atom. The topological polar surface area (TPSA) is 37.8 Å².